The minimum Gasteiger partial charge on any atom is -0.370 e. The fourth-order valence-electron chi connectivity index (χ4n) is 4.82. The first-order valence-electron chi connectivity index (χ1n) is 11.2. The van der Waals surface area contributed by atoms with Crippen molar-refractivity contribution in [2.24, 2.45) is 0 Å². The van der Waals surface area contributed by atoms with E-state index in [9.17, 15) is 13.2 Å². The molecule has 1 saturated heterocycles. The first-order chi connectivity index (χ1) is 15.4. The molecule has 1 N–H and O–H groups in total. The monoisotopic (exact) mass is 456 g/mol. The average molecular weight is 457 g/mol. The molecule has 0 unspecified atom stereocenters. The van der Waals surface area contributed by atoms with Gasteiger partial charge in [0.15, 0.2) is 0 Å². The van der Waals surface area contributed by atoms with Gasteiger partial charge in [0.05, 0.1) is 10.6 Å². The van der Waals surface area contributed by atoms with Crippen LogP contribution in [-0.2, 0) is 27.7 Å². The lowest BCUT2D eigenvalue weighted by Crippen LogP contribution is -2.49. The predicted molar refractivity (Wildman–Crippen MR) is 123 cm³/mol. The number of nitrogens with zero attached hydrogens (tertiary/aromatic N) is 5. The fraction of sp³-hybridized carbons (Fsp3) is 0.500. The van der Waals surface area contributed by atoms with E-state index >= 15 is 0 Å². The summed E-state index contributed by atoms with van der Waals surface area (Å²) in [5.41, 5.74) is 3.76. The lowest BCUT2D eigenvalue weighted by atomic mass is 10.00. The lowest BCUT2D eigenvalue weighted by Gasteiger charge is -2.34. The van der Waals surface area contributed by atoms with Crippen LogP contribution in [0.3, 0.4) is 0 Å². The molecule has 3 aliphatic rings. The van der Waals surface area contributed by atoms with E-state index in [0.717, 1.165) is 34.9 Å². The molecule has 3 aliphatic heterocycles. The highest BCUT2D eigenvalue weighted by Gasteiger charge is 2.35. The molecule has 0 atom stereocenters. The van der Waals surface area contributed by atoms with Crippen molar-refractivity contribution in [3.05, 3.63) is 35.0 Å². The summed E-state index contributed by atoms with van der Waals surface area (Å²) in [7, 11) is -3.60. The summed E-state index contributed by atoms with van der Waals surface area (Å²) in [5.74, 6) is 1.55. The Morgan fingerprint density at radius 2 is 1.69 bits per heavy atom. The number of benzene rings is 1. The van der Waals surface area contributed by atoms with Gasteiger partial charge in [0, 0.05) is 57.4 Å². The zero-order valence-electron chi connectivity index (χ0n) is 18.5. The van der Waals surface area contributed by atoms with Crippen molar-refractivity contribution in [2.45, 2.75) is 38.0 Å². The van der Waals surface area contributed by atoms with E-state index in [2.05, 4.69) is 15.3 Å². The summed E-state index contributed by atoms with van der Waals surface area (Å²) in [6, 6.07) is 5.45. The van der Waals surface area contributed by atoms with Gasteiger partial charge in [0.25, 0.3) is 0 Å². The van der Waals surface area contributed by atoms with E-state index in [1.807, 2.05) is 29.7 Å². The first-order valence-corrected chi connectivity index (χ1v) is 12.6. The number of anilines is 3. The van der Waals surface area contributed by atoms with Gasteiger partial charge in [-0.1, -0.05) is 0 Å². The van der Waals surface area contributed by atoms with Crippen LogP contribution < -0.4 is 15.1 Å². The van der Waals surface area contributed by atoms with Gasteiger partial charge in [-0.05, 0) is 49.9 Å². The molecule has 1 fully saturated rings. The van der Waals surface area contributed by atoms with Gasteiger partial charge < -0.3 is 15.1 Å². The Morgan fingerprint density at radius 1 is 0.969 bits per heavy atom. The SMILES string of the molecule is CCNc1cc(C)nc(N2CCN(S(=O)(=O)c3cc4c5c(c3)CCN5C(=O)CC4)CC2)n1. The number of carbonyl (C=O) groups is 1. The van der Waals surface area contributed by atoms with Crippen molar-refractivity contribution in [3.63, 3.8) is 0 Å². The summed E-state index contributed by atoms with van der Waals surface area (Å²) in [6.45, 7) is 7.21. The van der Waals surface area contributed by atoms with Crippen molar-refractivity contribution < 1.29 is 13.2 Å². The van der Waals surface area contributed by atoms with E-state index in [4.69, 9.17) is 0 Å². The number of amides is 1. The Kier molecular flexibility index (Phi) is 5.29. The number of hydrogen-bond donors (Lipinski definition) is 1. The van der Waals surface area contributed by atoms with Crippen LogP contribution in [0.2, 0.25) is 0 Å². The molecule has 0 spiro atoms. The Balaban J connectivity index is 1.35. The van der Waals surface area contributed by atoms with Crippen molar-refractivity contribution >= 4 is 33.4 Å². The molecule has 1 amide bonds. The van der Waals surface area contributed by atoms with Crippen LogP contribution >= 0.6 is 0 Å². The van der Waals surface area contributed by atoms with Crippen molar-refractivity contribution in [1.82, 2.24) is 14.3 Å². The Labute approximate surface area is 188 Å². The van der Waals surface area contributed by atoms with Crippen molar-refractivity contribution in [3.8, 4) is 0 Å². The summed E-state index contributed by atoms with van der Waals surface area (Å²) in [4.78, 5) is 25.5. The highest BCUT2D eigenvalue weighted by molar-refractivity contribution is 7.89. The number of rotatable bonds is 5. The Hall–Kier alpha value is -2.72. The van der Waals surface area contributed by atoms with Crippen LogP contribution in [0.4, 0.5) is 17.5 Å². The largest absolute Gasteiger partial charge is 0.370 e. The van der Waals surface area contributed by atoms with Gasteiger partial charge in [0.1, 0.15) is 5.82 Å². The molecule has 2 aromatic rings. The highest BCUT2D eigenvalue weighted by Crippen LogP contribution is 2.39. The smallest absolute Gasteiger partial charge is 0.243 e. The predicted octanol–water partition coefficient (Wildman–Crippen LogP) is 1.56. The summed E-state index contributed by atoms with van der Waals surface area (Å²) >= 11 is 0. The van der Waals surface area contributed by atoms with Crippen LogP contribution in [-0.4, -0.2) is 67.9 Å². The van der Waals surface area contributed by atoms with E-state index in [1.54, 1.807) is 16.4 Å². The van der Waals surface area contributed by atoms with Crippen LogP contribution in [0, 0.1) is 6.92 Å². The quantitative estimate of drug-likeness (QED) is 0.729. The molecular formula is C22H28N6O3S. The Morgan fingerprint density at radius 3 is 2.41 bits per heavy atom. The first kappa shape index (κ1) is 21.1. The molecule has 0 aliphatic carbocycles. The zero-order valence-corrected chi connectivity index (χ0v) is 19.3. The van der Waals surface area contributed by atoms with Crippen LogP contribution in [0.1, 0.15) is 30.2 Å². The maximum atomic E-state index is 13.4. The molecule has 32 heavy (non-hydrogen) atoms. The number of sulfonamides is 1. The van der Waals surface area contributed by atoms with Gasteiger partial charge in [0.2, 0.25) is 21.9 Å². The minimum atomic E-state index is -3.60. The maximum Gasteiger partial charge on any atom is 0.243 e. The third kappa shape index (κ3) is 3.61. The lowest BCUT2D eigenvalue weighted by molar-refractivity contribution is -0.118. The van der Waals surface area contributed by atoms with E-state index in [0.29, 0.717) is 62.8 Å². The van der Waals surface area contributed by atoms with Gasteiger partial charge in [-0.25, -0.2) is 13.4 Å². The number of hydrogen-bond acceptors (Lipinski definition) is 7. The van der Waals surface area contributed by atoms with Gasteiger partial charge in [-0.15, -0.1) is 0 Å². The maximum absolute atomic E-state index is 13.4. The molecule has 0 saturated carbocycles. The third-order valence-electron chi connectivity index (χ3n) is 6.38. The van der Waals surface area contributed by atoms with Gasteiger partial charge in [-0.2, -0.15) is 9.29 Å². The average Bonchev–Trinajstić information content (AvgIpc) is 3.22. The molecule has 0 radical (unpaired) electrons. The van der Waals surface area contributed by atoms with E-state index in [1.165, 1.54) is 0 Å². The minimum absolute atomic E-state index is 0.138. The van der Waals surface area contributed by atoms with Crippen molar-refractivity contribution in [2.75, 3.05) is 54.4 Å². The zero-order chi connectivity index (χ0) is 22.5. The molecular weight excluding hydrogens is 428 g/mol. The number of carbonyl (C=O) groups excluding carboxylic acids is 1. The highest BCUT2D eigenvalue weighted by atomic mass is 32.2. The fourth-order valence-corrected chi connectivity index (χ4v) is 6.34. The normalized spacial score (nSPS) is 18.8. The molecule has 10 heteroatoms. The van der Waals surface area contributed by atoms with E-state index in [-0.39, 0.29) is 5.91 Å². The number of piperazine rings is 1. The molecule has 0 bridgehead atoms. The number of nitrogens with one attached hydrogen (secondary N) is 1. The molecule has 9 nitrogen and oxygen atoms in total. The molecule has 1 aromatic heterocycles. The number of aryl methyl sites for hydroxylation is 2. The topological polar surface area (TPSA) is 98.7 Å². The standard InChI is InChI=1S/C22H28N6O3S/c1-3-23-19-12-15(2)24-22(25-19)26-8-10-27(11-9-26)32(30,31)18-13-16-4-5-20(29)28-7-6-17(14-18)21(16)28/h12-14H,3-11H2,1-2H3,(H,23,24,25). The second-order valence-electron chi connectivity index (χ2n) is 8.50. The summed E-state index contributed by atoms with van der Waals surface area (Å²) < 4.78 is 28.4. The second kappa shape index (κ2) is 8.00. The van der Waals surface area contributed by atoms with Gasteiger partial charge >= 0.3 is 0 Å². The van der Waals surface area contributed by atoms with E-state index < -0.39 is 10.0 Å². The molecule has 170 valence electrons. The second-order valence-corrected chi connectivity index (χ2v) is 10.4. The van der Waals surface area contributed by atoms with Crippen LogP contribution in [0.5, 0.6) is 0 Å². The van der Waals surface area contributed by atoms with Crippen LogP contribution in [0.25, 0.3) is 0 Å². The van der Waals surface area contributed by atoms with Crippen molar-refractivity contribution in [1.29, 1.82) is 0 Å². The van der Waals surface area contributed by atoms with Crippen LogP contribution in [0.15, 0.2) is 23.1 Å². The number of aromatic nitrogens is 2. The molecule has 1 aromatic carbocycles. The molecule has 4 heterocycles. The summed E-state index contributed by atoms with van der Waals surface area (Å²) in [5, 5.41) is 3.22. The third-order valence-corrected chi connectivity index (χ3v) is 8.26. The summed E-state index contributed by atoms with van der Waals surface area (Å²) in [6.07, 6.45) is 1.76. The van der Waals surface area contributed by atoms with Gasteiger partial charge in [-0.3, -0.25) is 4.79 Å². The molecule has 5 rings (SSSR count). The Bertz CT molecular complexity index is 1170.